The van der Waals surface area contributed by atoms with Crippen molar-refractivity contribution in [2.45, 2.75) is 26.8 Å². The first-order chi connectivity index (χ1) is 14.6. The number of carbonyl (C=O) groups excluding carboxylic acids is 1. The molecule has 0 bridgehead atoms. The molecule has 8 heteroatoms. The highest BCUT2D eigenvalue weighted by atomic mass is 32.1. The first-order valence-corrected chi connectivity index (χ1v) is 12.1. The molecule has 0 atom stereocenters. The van der Waals surface area contributed by atoms with E-state index in [1.807, 2.05) is 49.6 Å². The van der Waals surface area contributed by atoms with Crippen LogP contribution in [-0.4, -0.2) is 22.5 Å². The summed E-state index contributed by atoms with van der Waals surface area (Å²) in [6.07, 6.45) is 0.261. The van der Waals surface area contributed by atoms with Crippen molar-refractivity contribution in [3.63, 3.8) is 0 Å². The van der Waals surface area contributed by atoms with Gasteiger partial charge in [-0.1, -0.05) is 12.1 Å². The van der Waals surface area contributed by atoms with Crippen molar-refractivity contribution in [3.05, 3.63) is 62.7 Å². The lowest BCUT2D eigenvalue weighted by molar-refractivity contribution is -0.120. The Morgan fingerprint density at radius 3 is 2.77 bits per heavy atom. The molecule has 0 radical (unpaired) electrons. The minimum absolute atomic E-state index is 0.0376. The summed E-state index contributed by atoms with van der Waals surface area (Å²) in [4.78, 5) is 23.8. The number of amides is 1. The lowest BCUT2D eigenvalue weighted by Gasteiger charge is -2.07. The van der Waals surface area contributed by atoms with Gasteiger partial charge in [-0.05, 0) is 38.1 Å². The van der Waals surface area contributed by atoms with E-state index in [2.05, 4.69) is 26.7 Å². The van der Waals surface area contributed by atoms with E-state index in [0.29, 0.717) is 13.2 Å². The number of thiophene rings is 1. The minimum atomic E-state index is -0.0376. The molecule has 0 aliphatic carbocycles. The van der Waals surface area contributed by atoms with E-state index in [1.165, 1.54) is 11.3 Å². The van der Waals surface area contributed by atoms with Gasteiger partial charge in [0.05, 0.1) is 46.4 Å². The predicted octanol–water partition coefficient (Wildman–Crippen LogP) is 5.56. The van der Waals surface area contributed by atoms with Crippen molar-refractivity contribution >= 4 is 39.9 Å². The lowest BCUT2D eigenvalue weighted by atomic mass is 10.2. The van der Waals surface area contributed by atoms with Crippen LogP contribution in [0.15, 0.2) is 47.2 Å². The molecule has 4 aromatic rings. The summed E-state index contributed by atoms with van der Waals surface area (Å²) < 4.78 is 5.69. The van der Waals surface area contributed by atoms with Crippen molar-refractivity contribution in [1.82, 2.24) is 15.3 Å². The Bertz CT molecular complexity index is 1150. The van der Waals surface area contributed by atoms with Gasteiger partial charge in [-0.15, -0.1) is 34.0 Å². The second-order valence-corrected chi connectivity index (χ2v) is 9.63. The van der Waals surface area contributed by atoms with Crippen LogP contribution >= 0.6 is 34.0 Å². The fourth-order valence-electron chi connectivity index (χ4n) is 2.94. The molecule has 0 saturated carbocycles. The Morgan fingerprint density at radius 2 is 1.97 bits per heavy atom. The Hall–Kier alpha value is -2.55. The van der Waals surface area contributed by atoms with Crippen molar-refractivity contribution in [3.8, 4) is 26.9 Å². The molecule has 0 aliphatic rings. The van der Waals surface area contributed by atoms with Gasteiger partial charge in [0.25, 0.3) is 0 Å². The predicted molar refractivity (Wildman–Crippen MR) is 124 cm³/mol. The van der Waals surface area contributed by atoms with E-state index in [9.17, 15) is 4.79 Å². The molecule has 154 valence electrons. The standard InChI is InChI=1S/C22H21N3O2S3/c1-3-27-19-7-5-4-6-17(19)22-25-15(12-29-22)10-21(26)23-11-16-8-9-20(30-16)18-13-28-14(2)24-18/h4-9,12-13H,3,10-11H2,1-2H3,(H,23,26). The van der Waals surface area contributed by atoms with E-state index in [0.717, 1.165) is 42.5 Å². The molecule has 1 amide bonds. The number of hydrogen-bond donors (Lipinski definition) is 1. The molecule has 0 unspecified atom stereocenters. The van der Waals surface area contributed by atoms with Crippen LogP contribution in [0, 0.1) is 6.92 Å². The first kappa shape index (κ1) is 20.7. The molecule has 0 spiro atoms. The number of ether oxygens (including phenoxy) is 1. The van der Waals surface area contributed by atoms with Crippen molar-refractivity contribution in [2.24, 2.45) is 0 Å². The smallest absolute Gasteiger partial charge is 0.226 e. The van der Waals surface area contributed by atoms with Crippen molar-refractivity contribution < 1.29 is 9.53 Å². The number of para-hydroxylation sites is 1. The zero-order valence-electron chi connectivity index (χ0n) is 16.7. The first-order valence-electron chi connectivity index (χ1n) is 9.57. The molecule has 1 N–H and O–H groups in total. The Balaban J connectivity index is 1.35. The minimum Gasteiger partial charge on any atom is -0.493 e. The lowest BCUT2D eigenvalue weighted by Crippen LogP contribution is -2.24. The van der Waals surface area contributed by atoms with Gasteiger partial charge in [0, 0.05) is 15.6 Å². The zero-order valence-corrected chi connectivity index (χ0v) is 19.1. The normalized spacial score (nSPS) is 10.9. The fraction of sp³-hybridized carbons (Fsp3) is 0.227. The molecule has 4 rings (SSSR count). The molecule has 1 aromatic carbocycles. The summed E-state index contributed by atoms with van der Waals surface area (Å²) in [5, 5.41) is 8.91. The zero-order chi connectivity index (χ0) is 20.9. The summed E-state index contributed by atoms with van der Waals surface area (Å²) >= 11 is 4.83. The summed E-state index contributed by atoms with van der Waals surface area (Å²) in [5.41, 5.74) is 2.73. The summed E-state index contributed by atoms with van der Waals surface area (Å²) in [5.74, 6) is 0.776. The van der Waals surface area contributed by atoms with Gasteiger partial charge >= 0.3 is 0 Å². The average Bonchev–Trinajstić information content (AvgIpc) is 3.48. The maximum absolute atomic E-state index is 12.4. The number of nitrogens with zero attached hydrogens (tertiary/aromatic N) is 2. The third kappa shape index (κ3) is 4.95. The van der Waals surface area contributed by atoms with Crippen LogP contribution in [-0.2, 0) is 17.8 Å². The van der Waals surface area contributed by atoms with Gasteiger partial charge < -0.3 is 10.1 Å². The molecule has 0 saturated heterocycles. The average molecular weight is 456 g/mol. The number of nitrogens with one attached hydrogen (secondary N) is 1. The van der Waals surface area contributed by atoms with Gasteiger partial charge in [-0.25, -0.2) is 9.97 Å². The molecular formula is C22H21N3O2S3. The molecule has 3 aromatic heterocycles. The van der Waals surface area contributed by atoms with Crippen LogP contribution in [0.25, 0.3) is 21.1 Å². The van der Waals surface area contributed by atoms with Gasteiger partial charge in [-0.2, -0.15) is 0 Å². The van der Waals surface area contributed by atoms with Crippen LogP contribution in [0.4, 0.5) is 0 Å². The highest BCUT2D eigenvalue weighted by Gasteiger charge is 2.13. The second-order valence-electron chi connectivity index (χ2n) is 6.54. The number of thiazole rings is 2. The van der Waals surface area contributed by atoms with Gasteiger partial charge in [0.15, 0.2) is 0 Å². The van der Waals surface area contributed by atoms with Gasteiger partial charge in [0.1, 0.15) is 10.8 Å². The molecule has 30 heavy (non-hydrogen) atoms. The Morgan fingerprint density at radius 1 is 1.10 bits per heavy atom. The van der Waals surface area contributed by atoms with E-state index >= 15 is 0 Å². The Kier molecular flexibility index (Phi) is 6.56. The largest absolute Gasteiger partial charge is 0.493 e. The summed E-state index contributed by atoms with van der Waals surface area (Å²) in [7, 11) is 0. The van der Waals surface area contributed by atoms with Crippen LogP contribution in [0.5, 0.6) is 5.75 Å². The number of carbonyl (C=O) groups is 1. The topological polar surface area (TPSA) is 64.1 Å². The molecule has 0 aliphatic heterocycles. The molecule has 3 heterocycles. The number of aryl methyl sites for hydroxylation is 1. The molecule has 5 nitrogen and oxygen atoms in total. The maximum Gasteiger partial charge on any atom is 0.226 e. The number of hydrogen-bond acceptors (Lipinski definition) is 7. The van der Waals surface area contributed by atoms with Gasteiger partial charge in [-0.3, -0.25) is 4.79 Å². The fourth-order valence-corrected chi connectivity index (χ4v) is 5.38. The van der Waals surface area contributed by atoms with Crippen LogP contribution in [0.3, 0.4) is 0 Å². The van der Waals surface area contributed by atoms with E-state index in [1.54, 1.807) is 22.7 Å². The van der Waals surface area contributed by atoms with Gasteiger partial charge in [0.2, 0.25) is 5.91 Å². The third-order valence-electron chi connectivity index (χ3n) is 4.30. The van der Waals surface area contributed by atoms with Crippen LogP contribution in [0.1, 0.15) is 22.5 Å². The summed E-state index contributed by atoms with van der Waals surface area (Å²) in [6.45, 7) is 5.08. The molecule has 0 fully saturated rings. The number of aromatic nitrogens is 2. The monoisotopic (exact) mass is 455 g/mol. The molecular weight excluding hydrogens is 434 g/mol. The van der Waals surface area contributed by atoms with E-state index < -0.39 is 0 Å². The van der Waals surface area contributed by atoms with Crippen molar-refractivity contribution in [1.29, 1.82) is 0 Å². The Labute approximate surface area is 187 Å². The quantitative estimate of drug-likeness (QED) is 0.378. The number of rotatable bonds is 8. The highest BCUT2D eigenvalue weighted by Crippen LogP contribution is 2.32. The second kappa shape index (κ2) is 9.51. The van der Waals surface area contributed by atoms with E-state index in [-0.39, 0.29) is 12.3 Å². The third-order valence-corrected chi connectivity index (χ3v) is 7.11. The SMILES string of the molecule is CCOc1ccccc1-c1nc(CC(=O)NCc2ccc(-c3csc(C)n3)s2)cs1. The maximum atomic E-state index is 12.4. The highest BCUT2D eigenvalue weighted by molar-refractivity contribution is 7.16. The van der Waals surface area contributed by atoms with Crippen LogP contribution in [0.2, 0.25) is 0 Å². The van der Waals surface area contributed by atoms with E-state index in [4.69, 9.17) is 4.74 Å². The van der Waals surface area contributed by atoms with Crippen molar-refractivity contribution in [2.75, 3.05) is 6.61 Å². The van der Waals surface area contributed by atoms with Crippen LogP contribution < -0.4 is 10.1 Å². The number of benzene rings is 1. The summed E-state index contributed by atoms with van der Waals surface area (Å²) in [6, 6.07) is 11.9.